The molecule has 2 rings (SSSR count). The summed E-state index contributed by atoms with van der Waals surface area (Å²) >= 11 is 0. The van der Waals surface area contributed by atoms with Gasteiger partial charge in [-0.15, -0.1) is 0 Å². The van der Waals surface area contributed by atoms with Crippen LogP contribution in [0.25, 0.3) is 0 Å². The van der Waals surface area contributed by atoms with Crippen LogP contribution < -0.4 is 9.47 Å². The summed E-state index contributed by atoms with van der Waals surface area (Å²) < 4.78 is 10.8. The predicted octanol–water partition coefficient (Wildman–Crippen LogP) is 3.17. The third-order valence-electron chi connectivity index (χ3n) is 3.59. The summed E-state index contributed by atoms with van der Waals surface area (Å²) in [6.07, 6.45) is 5.06. The minimum atomic E-state index is -0.567. The van der Waals surface area contributed by atoms with Crippen LogP contribution in [0.15, 0.2) is 30.4 Å². The molecule has 0 aliphatic heterocycles. The molecule has 0 fully saturated rings. The van der Waals surface area contributed by atoms with Gasteiger partial charge in [0.2, 0.25) is 6.04 Å². The molecule has 1 aliphatic carbocycles. The molecule has 0 aromatic heterocycles. The summed E-state index contributed by atoms with van der Waals surface area (Å²) in [6.45, 7) is 2.43. The topological polar surface area (TPSA) is 61.6 Å². The highest BCUT2D eigenvalue weighted by Gasteiger charge is 2.33. The quantitative estimate of drug-likeness (QED) is 0.471. The van der Waals surface area contributed by atoms with Crippen LogP contribution in [0.1, 0.15) is 31.2 Å². The van der Waals surface area contributed by atoms with E-state index in [1.54, 1.807) is 7.11 Å². The highest BCUT2D eigenvalue weighted by atomic mass is 16.6. The second kappa shape index (κ2) is 6.41. The number of benzene rings is 1. The van der Waals surface area contributed by atoms with Crippen LogP contribution in [0.5, 0.6) is 11.5 Å². The number of allylic oxidation sites excluding steroid dienone is 1. The lowest BCUT2D eigenvalue weighted by Crippen LogP contribution is -2.28. The maximum absolute atomic E-state index is 11.2. The standard InChI is InChI=1S/C15H19NO4/c1-3-20-15-10-11(8-9-14(15)19-2)12-6-4-5-7-13(12)16(17)18/h4-5,8-10,12-13H,3,6-7H2,1-2H3/t12-,13+/m0/s1. The van der Waals surface area contributed by atoms with Gasteiger partial charge in [0, 0.05) is 11.3 Å². The van der Waals surface area contributed by atoms with Crippen LogP contribution >= 0.6 is 0 Å². The van der Waals surface area contributed by atoms with Crippen molar-refractivity contribution in [3.63, 3.8) is 0 Å². The van der Waals surface area contributed by atoms with Crippen molar-refractivity contribution in [1.29, 1.82) is 0 Å². The minimum Gasteiger partial charge on any atom is -0.493 e. The Hall–Kier alpha value is -2.04. The molecule has 20 heavy (non-hydrogen) atoms. The van der Waals surface area contributed by atoms with Crippen molar-refractivity contribution in [2.45, 2.75) is 31.7 Å². The lowest BCUT2D eigenvalue weighted by atomic mass is 9.83. The van der Waals surface area contributed by atoms with Gasteiger partial charge < -0.3 is 9.47 Å². The highest BCUT2D eigenvalue weighted by Crippen LogP contribution is 2.36. The second-order valence-electron chi connectivity index (χ2n) is 4.75. The molecule has 1 aromatic rings. The van der Waals surface area contributed by atoms with E-state index in [2.05, 4.69) is 0 Å². The zero-order valence-corrected chi connectivity index (χ0v) is 11.7. The molecule has 0 radical (unpaired) electrons. The first-order valence-corrected chi connectivity index (χ1v) is 6.76. The van der Waals surface area contributed by atoms with E-state index in [0.717, 1.165) is 5.56 Å². The fourth-order valence-corrected chi connectivity index (χ4v) is 2.58. The molecular weight excluding hydrogens is 258 g/mol. The Balaban J connectivity index is 2.33. The normalized spacial score (nSPS) is 21.5. The van der Waals surface area contributed by atoms with Gasteiger partial charge in [0.25, 0.3) is 0 Å². The monoisotopic (exact) mass is 277 g/mol. The summed E-state index contributed by atoms with van der Waals surface area (Å²) in [5.74, 6) is 1.18. The maximum Gasteiger partial charge on any atom is 0.223 e. The molecule has 0 spiro atoms. The van der Waals surface area contributed by atoms with Crippen molar-refractivity contribution < 1.29 is 14.4 Å². The van der Waals surface area contributed by atoms with Gasteiger partial charge >= 0.3 is 0 Å². The van der Waals surface area contributed by atoms with Crippen molar-refractivity contribution in [3.8, 4) is 11.5 Å². The van der Waals surface area contributed by atoms with Gasteiger partial charge in [0.15, 0.2) is 11.5 Å². The number of nitro groups is 1. The van der Waals surface area contributed by atoms with E-state index in [1.165, 1.54) is 0 Å². The van der Waals surface area contributed by atoms with E-state index in [4.69, 9.17) is 9.47 Å². The van der Waals surface area contributed by atoms with Gasteiger partial charge in [-0.3, -0.25) is 10.1 Å². The van der Waals surface area contributed by atoms with Crippen LogP contribution in [0, 0.1) is 10.1 Å². The zero-order valence-electron chi connectivity index (χ0n) is 11.7. The lowest BCUT2D eigenvalue weighted by Gasteiger charge is -2.23. The van der Waals surface area contributed by atoms with E-state index in [9.17, 15) is 10.1 Å². The van der Waals surface area contributed by atoms with Gasteiger partial charge in [-0.1, -0.05) is 18.2 Å². The molecule has 0 bridgehead atoms. The van der Waals surface area contributed by atoms with Crippen LogP contribution in [0.2, 0.25) is 0 Å². The van der Waals surface area contributed by atoms with Crippen molar-refractivity contribution in [3.05, 3.63) is 46.0 Å². The Bertz CT molecular complexity index is 513. The molecule has 0 N–H and O–H groups in total. The van der Waals surface area contributed by atoms with Gasteiger partial charge in [0.05, 0.1) is 19.6 Å². The van der Waals surface area contributed by atoms with Crippen molar-refractivity contribution in [1.82, 2.24) is 0 Å². The summed E-state index contributed by atoms with van der Waals surface area (Å²) in [5.41, 5.74) is 0.931. The van der Waals surface area contributed by atoms with Crippen molar-refractivity contribution in [2.75, 3.05) is 13.7 Å². The summed E-state index contributed by atoms with van der Waals surface area (Å²) in [4.78, 5) is 11.0. The Morgan fingerprint density at radius 2 is 2.05 bits per heavy atom. The maximum atomic E-state index is 11.2. The average molecular weight is 277 g/mol. The molecule has 1 aliphatic rings. The van der Waals surface area contributed by atoms with Gasteiger partial charge in [-0.05, 0) is 31.0 Å². The fraction of sp³-hybridized carbons (Fsp3) is 0.467. The molecule has 5 heteroatoms. The van der Waals surface area contributed by atoms with Crippen LogP contribution in [0.3, 0.4) is 0 Å². The Labute approximate surface area is 118 Å². The number of hydrogen-bond donors (Lipinski definition) is 0. The van der Waals surface area contributed by atoms with Crippen LogP contribution in [0.4, 0.5) is 0 Å². The van der Waals surface area contributed by atoms with E-state index >= 15 is 0 Å². The number of hydrogen-bond acceptors (Lipinski definition) is 4. The Morgan fingerprint density at radius 3 is 2.70 bits per heavy atom. The zero-order chi connectivity index (χ0) is 14.5. The first-order chi connectivity index (χ1) is 9.67. The fourth-order valence-electron chi connectivity index (χ4n) is 2.58. The molecule has 2 atom stereocenters. The van der Waals surface area contributed by atoms with Gasteiger partial charge in [-0.2, -0.15) is 0 Å². The minimum absolute atomic E-state index is 0.111. The van der Waals surface area contributed by atoms with E-state index in [-0.39, 0.29) is 10.8 Å². The first-order valence-electron chi connectivity index (χ1n) is 6.76. The Morgan fingerprint density at radius 1 is 1.30 bits per heavy atom. The largest absolute Gasteiger partial charge is 0.493 e. The Kier molecular flexibility index (Phi) is 4.61. The third kappa shape index (κ3) is 2.92. The molecule has 0 amide bonds. The predicted molar refractivity (Wildman–Crippen MR) is 76.1 cm³/mol. The average Bonchev–Trinajstić information content (AvgIpc) is 2.47. The molecule has 0 heterocycles. The third-order valence-corrected chi connectivity index (χ3v) is 3.59. The number of ether oxygens (including phenoxy) is 2. The van der Waals surface area contributed by atoms with Crippen LogP contribution in [-0.2, 0) is 0 Å². The van der Waals surface area contributed by atoms with E-state index in [1.807, 2.05) is 37.3 Å². The van der Waals surface area contributed by atoms with Crippen LogP contribution in [-0.4, -0.2) is 24.7 Å². The molecule has 0 unspecified atom stereocenters. The number of nitrogens with zero attached hydrogens (tertiary/aromatic N) is 1. The molecule has 0 saturated carbocycles. The second-order valence-corrected chi connectivity index (χ2v) is 4.75. The molecule has 5 nitrogen and oxygen atoms in total. The number of rotatable bonds is 5. The smallest absolute Gasteiger partial charge is 0.223 e. The molecular formula is C15H19NO4. The number of methoxy groups -OCH3 is 1. The first kappa shape index (κ1) is 14.4. The highest BCUT2D eigenvalue weighted by molar-refractivity contribution is 5.44. The SMILES string of the molecule is CCOc1cc([C@@H]2CC=CC[C@H]2[N+](=O)[O-])ccc1OC. The summed E-state index contributed by atoms with van der Waals surface area (Å²) in [5, 5.41) is 11.2. The molecule has 108 valence electrons. The molecule has 0 saturated heterocycles. The van der Waals surface area contributed by atoms with Gasteiger partial charge in [-0.25, -0.2) is 0 Å². The van der Waals surface area contributed by atoms with Gasteiger partial charge in [0.1, 0.15) is 0 Å². The van der Waals surface area contributed by atoms with E-state index < -0.39 is 6.04 Å². The summed E-state index contributed by atoms with van der Waals surface area (Å²) in [6, 6.07) is 5.00. The summed E-state index contributed by atoms with van der Waals surface area (Å²) in [7, 11) is 1.58. The lowest BCUT2D eigenvalue weighted by molar-refractivity contribution is -0.526. The molecule has 1 aromatic carbocycles. The van der Waals surface area contributed by atoms with E-state index in [0.29, 0.717) is 30.9 Å². The van der Waals surface area contributed by atoms with Crippen molar-refractivity contribution >= 4 is 0 Å². The van der Waals surface area contributed by atoms with Crippen molar-refractivity contribution in [2.24, 2.45) is 0 Å².